The van der Waals surface area contributed by atoms with Crippen molar-refractivity contribution in [1.29, 1.82) is 5.26 Å². The van der Waals surface area contributed by atoms with Crippen molar-refractivity contribution in [1.82, 2.24) is 4.57 Å². The molecule has 0 spiro atoms. The number of ether oxygens (including phenoxy) is 1. The predicted molar refractivity (Wildman–Crippen MR) is 70.6 cm³/mol. The van der Waals surface area contributed by atoms with E-state index >= 15 is 0 Å². The number of carbonyl (C=O) groups is 1. The Morgan fingerprint density at radius 3 is 3.00 bits per heavy atom. The van der Waals surface area contributed by atoms with Gasteiger partial charge in [-0.3, -0.25) is 4.79 Å². The quantitative estimate of drug-likeness (QED) is 0.735. The maximum atomic E-state index is 11.9. The van der Waals surface area contributed by atoms with E-state index in [1.165, 1.54) is 7.11 Å². The lowest BCUT2D eigenvalue weighted by Crippen LogP contribution is -2.23. The van der Waals surface area contributed by atoms with Gasteiger partial charge in [-0.15, -0.1) is 0 Å². The average molecular weight is 254 g/mol. The SMILES string of the molecule is COC(=O)C1CCCn2c1c(C#N)c1ccccc12. The molecule has 1 atom stereocenters. The lowest BCUT2D eigenvalue weighted by Gasteiger charge is -2.23. The summed E-state index contributed by atoms with van der Waals surface area (Å²) in [4.78, 5) is 11.9. The molecule has 0 bridgehead atoms. The summed E-state index contributed by atoms with van der Waals surface area (Å²) in [6.07, 6.45) is 1.67. The number of nitriles is 1. The molecule has 1 aromatic carbocycles. The van der Waals surface area contributed by atoms with Crippen molar-refractivity contribution in [3.05, 3.63) is 35.5 Å². The molecule has 0 saturated carbocycles. The van der Waals surface area contributed by atoms with E-state index in [4.69, 9.17) is 4.74 Å². The summed E-state index contributed by atoms with van der Waals surface area (Å²) < 4.78 is 6.98. The van der Waals surface area contributed by atoms with Crippen LogP contribution in [-0.2, 0) is 16.1 Å². The Morgan fingerprint density at radius 1 is 1.47 bits per heavy atom. The van der Waals surface area contributed by atoms with Crippen LogP contribution < -0.4 is 0 Å². The number of para-hydroxylation sites is 1. The fraction of sp³-hybridized carbons (Fsp3) is 0.333. The van der Waals surface area contributed by atoms with E-state index in [1.807, 2.05) is 24.3 Å². The van der Waals surface area contributed by atoms with Gasteiger partial charge in [-0.05, 0) is 18.9 Å². The first kappa shape index (κ1) is 11.8. The lowest BCUT2D eigenvalue weighted by atomic mass is 9.93. The molecule has 0 fully saturated rings. The van der Waals surface area contributed by atoms with Crippen LogP contribution in [0.3, 0.4) is 0 Å². The van der Waals surface area contributed by atoms with E-state index in [-0.39, 0.29) is 11.9 Å². The molecule has 0 saturated heterocycles. The van der Waals surface area contributed by atoms with Crippen LogP contribution >= 0.6 is 0 Å². The minimum Gasteiger partial charge on any atom is -0.469 e. The second-order valence-corrected chi connectivity index (χ2v) is 4.76. The third-order valence-corrected chi connectivity index (χ3v) is 3.81. The number of carbonyl (C=O) groups excluding carboxylic acids is 1. The second-order valence-electron chi connectivity index (χ2n) is 4.76. The highest BCUT2D eigenvalue weighted by Gasteiger charge is 2.32. The first-order valence-corrected chi connectivity index (χ1v) is 6.37. The minimum atomic E-state index is -0.319. The van der Waals surface area contributed by atoms with Crippen LogP contribution in [-0.4, -0.2) is 17.6 Å². The molecular weight excluding hydrogens is 240 g/mol. The molecule has 0 amide bonds. The van der Waals surface area contributed by atoms with Crippen LogP contribution in [0.15, 0.2) is 24.3 Å². The van der Waals surface area contributed by atoms with Gasteiger partial charge >= 0.3 is 5.97 Å². The zero-order valence-corrected chi connectivity index (χ0v) is 10.7. The van der Waals surface area contributed by atoms with Gasteiger partial charge in [0.05, 0.1) is 24.3 Å². The Hall–Kier alpha value is -2.28. The zero-order valence-electron chi connectivity index (χ0n) is 10.7. The van der Waals surface area contributed by atoms with E-state index in [0.717, 1.165) is 36.0 Å². The molecule has 19 heavy (non-hydrogen) atoms. The molecular formula is C15H14N2O2. The van der Waals surface area contributed by atoms with E-state index in [0.29, 0.717) is 5.56 Å². The van der Waals surface area contributed by atoms with Crippen molar-refractivity contribution in [2.45, 2.75) is 25.3 Å². The third kappa shape index (κ3) is 1.62. The number of aromatic nitrogens is 1. The predicted octanol–water partition coefficient (Wildman–Crippen LogP) is 2.56. The van der Waals surface area contributed by atoms with Gasteiger partial charge in [-0.2, -0.15) is 5.26 Å². The summed E-state index contributed by atoms with van der Waals surface area (Å²) in [7, 11) is 1.40. The van der Waals surface area contributed by atoms with Gasteiger partial charge in [-0.25, -0.2) is 0 Å². The van der Waals surface area contributed by atoms with Gasteiger partial charge in [0.25, 0.3) is 0 Å². The minimum absolute atomic E-state index is 0.250. The maximum Gasteiger partial charge on any atom is 0.314 e. The van der Waals surface area contributed by atoms with Crippen molar-refractivity contribution in [3.63, 3.8) is 0 Å². The van der Waals surface area contributed by atoms with Crippen molar-refractivity contribution in [2.75, 3.05) is 7.11 Å². The maximum absolute atomic E-state index is 11.9. The summed E-state index contributed by atoms with van der Waals surface area (Å²) in [6, 6.07) is 10.1. The van der Waals surface area contributed by atoms with Gasteiger partial charge in [0.2, 0.25) is 0 Å². The number of rotatable bonds is 1. The zero-order chi connectivity index (χ0) is 13.4. The molecule has 1 unspecified atom stereocenters. The number of benzene rings is 1. The molecule has 2 heterocycles. The summed E-state index contributed by atoms with van der Waals surface area (Å²) in [5.74, 6) is -0.568. The monoisotopic (exact) mass is 254 g/mol. The van der Waals surface area contributed by atoms with Gasteiger partial charge in [0.1, 0.15) is 6.07 Å². The highest BCUT2D eigenvalue weighted by molar-refractivity contribution is 5.91. The molecule has 1 aliphatic rings. The molecule has 0 N–H and O–H groups in total. The van der Waals surface area contributed by atoms with Crippen molar-refractivity contribution >= 4 is 16.9 Å². The number of methoxy groups -OCH3 is 1. The van der Waals surface area contributed by atoms with Crippen molar-refractivity contribution < 1.29 is 9.53 Å². The molecule has 4 nitrogen and oxygen atoms in total. The first-order valence-electron chi connectivity index (χ1n) is 6.37. The molecule has 1 aromatic heterocycles. The van der Waals surface area contributed by atoms with Crippen LogP contribution in [0.1, 0.15) is 30.0 Å². The van der Waals surface area contributed by atoms with E-state index in [1.54, 1.807) is 0 Å². The smallest absolute Gasteiger partial charge is 0.314 e. The van der Waals surface area contributed by atoms with Crippen LogP contribution in [0.25, 0.3) is 10.9 Å². The fourth-order valence-electron chi connectivity index (χ4n) is 3.01. The highest BCUT2D eigenvalue weighted by Crippen LogP contribution is 2.37. The molecule has 0 aliphatic carbocycles. The Labute approximate surface area is 111 Å². The molecule has 0 radical (unpaired) electrons. The highest BCUT2D eigenvalue weighted by atomic mass is 16.5. The third-order valence-electron chi connectivity index (χ3n) is 3.81. The van der Waals surface area contributed by atoms with Gasteiger partial charge < -0.3 is 9.30 Å². The Balaban J connectivity index is 2.32. The Bertz CT molecular complexity index is 694. The molecule has 2 aromatic rings. The van der Waals surface area contributed by atoms with Gasteiger partial charge in [-0.1, -0.05) is 18.2 Å². The Kier molecular flexibility index (Phi) is 2.75. The van der Waals surface area contributed by atoms with Crippen molar-refractivity contribution in [2.24, 2.45) is 0 Å². The van der Waals surface area contributed by atoms with Gasteiger partial charge in [0, 0.05) is 17.4 Å². The summed E-state index contributed by atoms with van der Waals surface area (Å²) >= 11 is 0. The number of hydrogen-bond acceptors (Lipinski definition) is 3. The molecule has 1 aliphatic heterocycles. The topological polar surface area (TPSA) is 55.0 Å². The normalized spacial score (nSPS) is 17.8. The van der Waals surface area contributed by atoms with Gasteiger partial charge in [0.15, 0.2) is 0 Å². The largest absolute Gasteiger partial charge is 0.469 e. The van der Waals surface area contributed by atoms with Crippen LogP contribution in [0, 0.1) is 11.3 Å². The number of hydrogen-bond donors (Lipinski definition) is 0. The Morgan fingerprint density at radius 2 is 2.26 bits per heavy atom. The average Bonchev–Trinajstić information content (AvgIpc) is 2.80. The van der Waals surface area contributed by atoms with Crippen LogP contribution in [0.4, 0.5) is 0 Å². The lowest BCUT2D eigenvalue weighted by molar-refractivity contribution is -0.143. The number of fused-ring (bicyclic) bond motifs is 3. The molecule has 96 valence electrons. The molecule has 4 heteroatoms. The number of nitrogens with zero attached hydrogens (tertiary/aromatic N) is 2. The summed E-state index contributed by atoms with van der Waals surface area (Å²) in [6.45, 7) is 0.852. The van der Waals surface area contributed by atoms with Crippen LogP contribution in [0.5, 0.6) is 0 Å². The standard InChI is InChI=1S/C15H14N2O2/c1-19-15(18)11-6-4-8-17-13-7-3-2-5-10(13)12(9-16)14(11)17/h2-3,5,7,11H,4,6,8H2,1H3. The summed E-state index contributed by atoms with van der Waals surface area (Å²) in [5.41, 5.74) is 2.47. The van der Waals surface area contributed by atoms with E-state index in [9.17, 15) is 10.1 Å². The second kappa shape index (κ2) is 4.43. The first-order chi connectivity index (χ1) is 9.27. The summed E-state index contributed by atoms with van der Waals surface area (Å²) in [5, 5.41) is 10.4. The van der Waals surface area contributed by atoms with E-state index < -0.39 is 0 Å². The van der Waals surface area contributed by atoms with Crippen molar-refractivity contribution in [3.8, 4) is 6.07 Å². The fourth-order valence-corrected chi connectivity index (χ4v) is 3.01. The number of esters is 1. The van der Waals surface area contributed by atoms with E-state index in [2.05, 4.69) is 10.6 Å². The molecule has 3 rings (SSSR count). The van der Waals surface area contributed by atoms with Crippen LogP contribution in [0.2, 0.25) is 0 Å². The number of aryl methyl sites for hydroxylation is 1.